The van der Waals surface area contributed by atoms with Gasteiger partial charge in [-0.2, -0.15) is 5.92 Å². The second-order valence-electron chi connectivity index (χ2n) is 4.31. The largest absolute Gasteiger partial charge is 1.00 e. The van der Waals surface area contributed by atoms with Crippen molar-refractivity contribution in [2.75, 3.05) is 13.1 Å². The van der Waals surface area contributed by atoms with Gasteiger partial charge in [0.15, 0.2) is 0 Å². The van der Waals surface area contributed by atoms with E-state index in [9.17, 15) is 0 Å². The Morgan fingerprint density at radius 3 is 2.07 bits per heavy atom. The van der Waals surface area contributed by atoms with Crippen molar-refractivity contribution in [1.82, 2.24) is 4.90 Å². The number of rotatable bonds is 2. The van der Waals surface area contributed by atoms with Gasteiger partial charge in [0.2, 0.25) is 0 Å². The summed E-state index contributed by atoms with van der Waals surface area (Å²) < 4.78 is 0. The van der Waals surface area contributed by atoms with E-state index in [2.05, 4.69) is 11.5 Å². The SMILES string of the molecule is C=C([C-]1CCCC1)N1CCCCC1.[Li+]. The zero-order chi connectivity index (χ0) is 9.10. The third kappa shape index (κ3) is 2.75. The van der Waals surface area contributed by atoms with Crippen LogP contribution in [0.15, 0.2) is 12.3 Å². The Labute approximate surface area is 100 Å². The Morgan fingerprint density at radius 2 is 1.50 bits per heavy atom. The molecule has 2 aliphatic rings. The van der Waals surface area contributed by atoms with E-state index in [-0.39, 0.29) is 18.9 Å². The predicted molar refractivity (Wildman–Crippen MR) is 56.3 cm³/mol. The summed E-state index contributed by atoms with van der Waals surface area (Å²) in [7, 11) is 0. The van der Waals surface area contributed by atoms with Crippen LogP contribution < -0.4 is 18.9 Å². The maximum absolute atomic E-state index is 4.25. The molecule has 1 heterocycles. The van der Waals surface area contributed by atoms with Crippen molar-refractivity contribution in [3.05, 3.63) is 18.2 Å². The van der Waals surface area contributed by atoms with Crippen LogP contribution in [0, 0.1) is 5.92 Å². The van der Waals surface area contributed by atoms with Crippen LogP contribution in [0.3, 0.4) is 0 Å². The Morgan fingerprint density at radius 1 is 0.929 bits per heavy atom. The summed E-state index contributed by atoms with van der Waals surface area (Å²) in [5.74, 6) is 1.64. The number of nitrogens with zero attached hydrogens (tertiary/aromatic N) is 1. The maximum Gasteiger partial charge on any atom is 1.00 e. The van der Waals surface area contributed by atoms with Crippen molar-refractivity contribution in [2.45, 2.75) is 44.9 Å². The van der Waals surface area contributed by atoms with E-state index in [1.165, 1.54) is 63.7 Å². The van der Waals surface area contributed by atoms with Crippen LogP contribution in [-0.4, -0.2) is 18.0 Å². The van der Waals surface area contributed by atoms with Gasteiger partial charge in [-0.3, -0.25) is 0 Å². The van der Waals surface area contributed by atoms with E-state index in [0.29, 0.717) is 0 Å². The van der Waals surface area contributed by atoms with E-state index in [0.717, 1.165) is 0 Å². The molecule has 0 aromatic heterocycles. The Balaban J connectivity index is 0.000000980. The number of hydrogen-bond acceptors (Lipinski definition) is 1. The van der Waals surface area contributed by atoms with Crippen molar-refractivity contribution in [1.29, 1.82) is 0 Å². The summed E-state index contributed by atoms with van der Waals surface area (Å²) in [6, 6.07) is 0. The molecule has 2 fully saturated rings. The molecule has 1 saturated heterocycles. The van der Waals surface area contributed by atoms with Crippen molar-refractivity contribution in [3.63, 3.8) is 0 Å². The minimum atomic E-state index is 0. The van der Waals surface area contributed by atoms with Gasteiger partial charge < -0.3 is 4.90 Å². The quantitative estimate of drug-likeness (QED) is 0.437. The maximum atomic E-state index is 4.25. The van der Waals surface area contributed by atoms with Gasteiger partial charge in [0.25, 0.3) is 0 Å². The molecule has 1 saturated carbocycles. The molecule has 1 nitrogen and oxygen atoms in total. The fourth-order valence-corrected chi connectivity index (χ4v) is 2.48. The summed E-state index contributed by atoms with van der Waals surface area (Å²) in [6.07, 6.45) is 9.56. The summed E-state index contributed by atoms with van der Waals surface area (Å²) in [4.78, 5) is 2.50. The number of piperidine rings is 1. The molecule has 74 valence electrons. The van der Waals surface area contributed by atoms with Crippen LogP contribution >= 0.6 is 0 Å². The molecule has 0 unspecified atom stereocenters. The molecule has 0 amide bonds. The molecular weight excluding hydrogens is 165 g/mol. The zero-order valence-corrected chi connectivity index (χ0v) is 9.52. The van der Waals surface area contributed by atoms with E-state index in [4.69, 9.17) is 0 Å². The van der Waals surface area contributed by atoms with E-state index >= 15 is 0 Å². The fourth-order valence-electron chi connectivity index (χ4n) is 2.48. The predicted octanol–water partition coefficient (Wildman–Crippen LogP) is 0.138. The van der Waals surface area contributed by atoms with Crippen molar-refractivity contribution >= 4 is 0 Å². The Bertz CT molecular complexity index is 179. The summed E-state index contributed by atoms with van der Waals surface area (Å²) in [6.45, 7) is 6.75. The van der Waals surface area contributed by atoms with Gasteiger partial charge in [0.05, 0.1) is 0 Å². The minimum Gasteiger partial charge on any atom is -0.405 e. The molecule has 0 radical (unpaired) electrons. The smallest absolute Gasteiger partial charge is 0.405 e. The number of likely N-dealkylation sites (tertiary alicyclic amines) is 1. The third-order valence-corrected chi connectivity index (χ3v) is 3.35. The molecule has 2 heteroatoms. The van der Waals surface area contributed by atoms with Gasteiger partial charge in [0, 0.05) is 13.1 Å². The van der Waals surface area contributed by atoms with E-state index in [1.807, 2.05) is 0 Å². The monoisotopic (exact) mass is 185 g/mol. The number of allylic oxidation sites excluding steroid dienone is 1. The summed E-state index contributed by atoms with van der Waals surface area (Å²) in [5.41, 5.74) is 1.37. The first-order chi connectivity index (χ1) is 6.38. The summed E-state index contributed by atoms with van der Waals surface area (Å²) in [5, 5.41) is 0. The Hall–Kier alpha value is 0.00740. The molecule has 0 N–H and O–H groups in total. The van der Waals surface area contributed by atoms with Gasteiger partial charge in [0.1, 0.15) is 0 Å². The van der Waals surface area contributed by atoms with Gasteiger partial charge in [-0.25, -0.2) is 6.58 Å². The average molecular weight is 185 g/mol. The molecule has 1 aliphatic carbocycles. The molecular formula is C12H20LiN. The van der Waals surface area contributed by atoms with Crippen molar-refractivity contribution < 1.29 is 18.9 Å². The first kappa shape index (κ1) is 12.1. The fraction of sp³-hybridized carbons (Fsp3) is 0.750. The molecule has 0 aromatic carbocycles. The second kappa shape index (κ2) is 5.78. The van der Waals surface area contributed by atoms with Crippen molar-refractivity contribution in [3.8, 4) is 0 Å². The van der Waals surface area contributed by atoms with Gasteiger partial charge >= 0.3 is 18.9 Å². The van der Waals surface area contributed by atoms with Crippen LogP contribution in [-0.2, 0) is 0 Å². The van der Waals surface area contributed by atoms with Crippen molar-refractivity contribution in [2.24, 2.45) is 0 Å². The molecule has 0 atom stereocenters. The molecule has 0 spiro atoms. The second-order valence-corrected chi connectivity index (χ2v) is 4.31. The van der Waals surface area contributed by atoms with Gasteiger partial charge in [-0.1, -0.05) is 25.7 Å². The first-order valence-corrected chi connectivity index (χ1v) is 5.67. The zero-order valence-electron chi connectivity index (χ0n) is 9.52. The topological polar surface area (TPSA) is 3.24 Å². The number of hydrogen-bond donors (Lipinski definition) is 0. The van der Waals surface area contributed by atoms with Crippen LogP contribution in [0.4, 0.5) is 0 Å². The van der Waals surface area contributed by atoms with E-state index < -0.39 is 0 Å². The van der Waals surface area contributed by atoms with Crippen LogP contribution in [0.5, 0.6) is 0 Å². The first-order valence-electron chi connectivity index (χ1n) is 5.67. The molecule has 1 aliphatic heterocycles. The van der Waals surface area contributed by atoms with Crippen LogP contribution in [0.1, 0.15) is 44.9 Å². The third-order valence-electron chi connectivity index (χ3n) is 3.35. The molecule has 2 rings (SSSR count). The van der Waals surface area contributed by atoms with Crippen LogP contribution in [0.25, 0.3) is 0 Å². The molecule has 0 aromatic rings. The Kier molecular flexibility index (Phi) is 4.99. The minimum absolute atomic E-state index is 0. The average Bonchev–Trinajstić information content (AvgIpc) is 2.71. The molecule has 0 bridgehead atoms. The standard InChI is InChI=1S/C12H20N.Li/c1-11(12-7-3-4-8-12)13-9-5-2-6-10-13;/h1-10H2;/q-1;+1. The normalized spacial score (nSPS) is 22.0. The van der Waals surface area contributed by atoms with E-state index in [1.54, 1.807) is 5.92 Å². The van der Waals surface area contributed by atoms with Gasteiger partial charge in [-0.15, -0.1) is 5.70 Å². The summed E-state index contributed by atoms with van der Waals surface area (Å²) >= 11 is 0. The van der Waals surface area contributed by atoms with Crippen LogP contribution in [0.2, 0.25) is 0 Å². The molecule has 14 heavy (non-hydrogen) atoms. The van der Waals surface area contributed by atoms with Gasteiger partial charge in [-0.05, 0) is 19.3 Å².